The summed E-state index contributed by atoms with van der Waals surface area (Å²) in [5.74, 6) is -1.89. The van der Waals surface area contributed by atoms with Crippen molar-refractivity contribution < 1.29 is 14.4 Å². The second-order valence-electron chi connectivity index (χ2n) is 7.95. The maximum Gasteiger partial charge on any atom is 0.235 e. The fourth-order valence-electron chi connectivity index (χ4n) is 4.85. The molecule has 154 valence electrons. The van der Waals surface area contributed by atoms with E-state index in [9.17, 15) is 14.4 Å². The van der Waals surface area contributed by atoms with Gasteiger partial charge in [0, 0.05) is 18.5 Å². The first-order chi connectivity index (χ1) is 14.3. The molecule has 0 bridgehead atoms. The Bertz CT molecular complexity index is 1020. The molecule has 0 saturated carbocycles. The monoisotopic (exact) mass is 404 g/mol. The maximum absolute atomic E-state index is 13.4. The number of hydrogen-bond acceptors (Lipinski definition) is 4. The van der Waals surface area contributed by atoms with E-state index in [-0.39, 0.29) is 36.1 Å². The van der Waals surface area contributed by atoms with E-state index in [0.717, 1.165) is 11.1 Å². The Morgan fingerprint density at radius 2 is 1.60 bits per heavy atom. The first-order valence-electron chi connectivity index (χ1n) is 9.93. The van der Waals surface area contributed by atoms with Gasteiger partial charge >= 0.3 is 0 Å². The van der Waals surface area contributed by atoms with Crippen molar-refractivity contribution in [3.8, 4) is 0 Å². The summed E-state index contributed by atoms with van der Waals surface area (Å²) >= 11 is 0. The molecule has 2 saturated heterocycles. The van der Waals surface area contributed by atoms with Gasteiger partial charge in [0.25, 0.3) is 0 Å². The number of amides is 3. The third-order valence-electron chi connectivity index (χ3n) is 6.20. The second kappa shape index (κ2) is 7.40. The predicted octanol–water partition coefficient (Wildman–Crippen LogP) is 2.06. The van der Waals surface area contributed by atoms with Crippen molar-refractivity contribution in [3.05, 3.63) is 71.3 Å². The van der Waals surface area contributed by atoms with Gasteiger partial charge in [-0.05, 0) is 18.1 Å². The van der Waals surface area contributed by atoms with Crippen molar-refractivity contribution in [3.63, 3.8) is 0 Å². The molecule has 2 aliphatic rings. The van der Waals surface area contributed by atoms with Crippen LogP contribution in [0.15, 0.2) is 54.6 Å². The number of carbonyl (C=O) groups is 3. The smallest absolute Gasteiger partial charge is 0.235 e. The predicted molar refractivity (Wildman–Crippen MR) is 111 cm³/mol. The molecular weight excluding hydrogens is 380 g/mol. The summed E-state index contributed by atoms with van der Waals surface area (Å²) in [7, 11) is 0. The van der Waals surface area contributed by atoms with Crippen LogP contribution in [0.3, 0.4) is 0 Å². The lowest BCUT2D eigenvalue weighted by Crippen LogP contribution is -2.42. The van der Waals surface area contributed by atoms with Crippen LogP contribution in [0, 0.1) is 17.2 Å². The van der Waals surface area contributed by atoms with E-state index in [0.29, 0.717) is 5.56 Å². The highest BCUT2D eigenvalue weighted by molar-refractivity contribution is 6.07. The van der Waals surface area contributed by atoms with Crippen molar-refractivity contribution in [2.24, 2.45) is 17.6 Å². The summed E-state index contributed by atoms with van der Waals surface area (Å²) in [6, 6.07) is 15.5. The summed E-state index contributed by atoms with van der Waals surface area (Å²) in [5, 5.41) is 7.57. The van der Waals surface area contributed by atoms with Crippen LogP contribution in [0.2, 0.25) is 0 Å². The Kier molecular flexibility index (Phi) is 4.89. The van der Waals surface area contributed by atoms with Gasteiger partial charge < -0.3 is 10.6 Å². The Labute approximate surface area is 175 Å². The number of amidine groups is 1. The molecule has 2 fully saturated rings. The summed E-state index contributed by atoms with van der Waals surface area (Å²) in [5.41, 5.74) is 7.76. The summed E-state index contributed by atoms with van der Waals surface area (Å²) < 4.78 is 0. The minimum atomic E-state index is -0.622. The highest BCUT2D eigenvalue weighted by atomic mass is 16.2. The van der Waals surface area contributed by atoms with E-state index in [4.69, 9.17) is 11.1 Å². The van der Waals surface area contributed by atoms with Gasteiger partial charge in [-0.2, -0.15) is 0 Å². The first kappa shape index (κ1) is 19.8. The van der Waals surface area contributed by atoms with Gasteiger partial charge in [-0.3, -0.25) is 24.7 Å². The number of nitrogens with zero attached hydrogens (tertiary/aromatic N) is 2. The normalized spacial score (nSPS) is 25.5. The van der Waals surface area contributed by atoms with Crippen LogP contribution < -0.4 is 5.73 Å². The van der Waals surface area contributed by atoms with Crippen LogP contribution in [0.25, 0.3) is 0 Å². The van der Waals surface area contributed by atoms with Crippen molar-refractivity contribution in [1.82, 2.24) is 9.80 Å². The number of nitrogens with one attached hydrogen (secondary N) is 1. The van der Waals surface area contributed by atoms with Crippen LogP contribution in [0.4, 0.5) is 0 Å². The van der Waals surface area contributed by atoms with Crippen molar-refractivity contribution >= 4 is 23.6 Å². The summed E-state index contributed by atoms with van der Waals surface area (Å²) in [6.45, 7) is 3.53. The van der Waals surface area contributed by atoms with E-state index < -0.39 is 17.9 Å². The lowest BCUT2D eigenvalue weighted by atomic mass is 9.86. The topological polar surface area (TPSA) is 108 Å². The maximum atomic E-state index is 13.4. The highest BCUT2D eigenvalue weighted by Crippen LogP contribution is 2.50. The van der Waals surface area contributed by atoms with Gasteiger partial charge in [0.15, 0.2) is 0 Å². The van der Waals surface area contributed by atoms with Crippen molar-refractivity contribution in [2.75, 3.05) is 0 Å². The van der Waals surface area contributed by atoms with Crippen molar-refractivity contribution in [1.29, 1.82) is 5.41 Å². The number of imide groups is 1. The minimum absolute atomic E-state index is 0.0520. The number of nitrogens with two attached hydrogens (primary N) is 1. The molecule has 3 amide bonds. The fraction of sp³-hybridized carbons (Fsp3) is 0.304. The van der Waals surface area contributed by atoms with Crippen LogP contribution in [-0.2, 0) is 20.9 Å². The minimum Gasteiger partial charge on any atom is -0.384 e. The van der Waals surface area contributed by atoms with Crippen LogP contribution in [0.5, 0.6) is 0 Å². The number of fused-ring (bicyclic) bond motifs is 1. The first-order valence-corrected chi connectivity index (χ1v) is 9.93. The van der Waals surface area contributed by atoms with E-state index >= 15 is 0 Å². The average molecular weight is 404 g/mol. The average Bonchev–Trinajstić information content (AvgIpc) is 3.16. The van der Waals surface area contributed by atoms with E-state index in [2.05, 4.69) is 0 Å². The third-order valence-corrected chi connectivity index (χ3v) is 6.20. The molecule has 2 aromatic carbocycles. The molecule has 2 aromatic rings. The zero-order chi connectivity index (χ0) is 21.6. The van der Waals surface area contributed by atoms with Crippen LogP contribution >= 0.6 is 0 Å². The summed E-state index contributed by atoms with van der Waals surface area (Å²) in [6.07, 6.45) is 0. The van der Waals surface area contributed by atoms with Gasteiger partial charge in [0.05, 0.1) is 24.4 Å². The molecule has 0 aromatic heterocycles. The SMILES string of the molecule is CC(=O)N1C(C)C2C(=O)N(Cc3ccccc3)C(=O)C2C1c1ccc(C(=N)N)cc1. The molecule has 3 N–H and O–H groups in total. The number of nitrogen functional groups attached to an aromatic ring is 1. The standard InChI is InChI=1S/C23H24N4O3/c1-13-18-19(23(30)26(22(18)29)12-15-6-4-3-5-7-15)20(27(13)14(2)28)16-8-10-17(11-9-16)21(24)25/h3-11,13,18-20H,12H2,1-2H3,(H3,24,25). The van der Waals surface area contributed by atoms with Gasteiger partial charge in [-0.1, -0.05) is 54.6 Å². The molecule has 0 spiro atoms. The molecule has 2 heterocycles. The lowest BCUT2D eigenvalue weighted by Gasteiger charge is -2.31. The molecule has 2 aliphatic heterocycles. The zero-order valence-corrected chi connectivity index (χ0v) is 16.9. The molecule has 30 heavy (non-hydrogen) atoms. The van der Waals surface area contributed by atoms with Gasteiger partial charge in [-0.15, -0.1) is 0 Å². The van der Waals surface area contributed by atoms with E-state index in [1.165, 1.54) is 11.8 Å². The van der Waals surface area contributed by atoms with E-state index in [1.54, 1.807) is 29.2 Å². The lowest BCUT2D eigenvalue weighted by molar-refractivity contribution is -0.143. The Morgan fingerprint density at radius 3 is 2.17 bits per heavy atom. The molecule has 7 nitrogen and oxygen atoms in total. The van der Waals surface area contributed by atoms with E-state index in [1.807, 2.05) is 37.3 Å². The highest BCUT2D eigenvalue weighted by Gasteiger charge is 2.61. The van der Waals surface area contributed by atoms with Crippen molar-refractivity contribution in [2.45, 2.75) is 32.5 Å². The third kappa shape index (κ3) is 3.07. The number of likely N-dealkylation sites (tertiary alicyclic amines) is 2. The Hall–Kier alpha value is -3.48. The molecule has 4 atom stereocenters. The fourth-order valence-corrected chi connectivity index (χ4v) is 4.85. The molecule has 0 radical (unpaired) electrons. The number of benzene rings is 2. The Morgan fingerprint density at radius 1 is 1.00 bits per heavy atom. The molecule has 0 aliphatic carbocycles. The van der Waals surface area contributed by atoms with Crippen LogP contribution in [0.1, 0.15) is 36.6 Å². The van der Waals surface area contributed by atoms with Gasteiger partial charge in [0.1, 0.15) is 5.84 Å². The molecular formula is C23H24N4O3. The number of hydrogen-bond donors (Lipinski definition) is 2. The molecule has 7 heteroatoms. The quantitative estimate of drug-likeness (QED) is 0.462. The van der Waals surface area contributed by atoms with Crippen LogP contribution in [-0.4, -0.2) is 39.4 Å². The molecule has 4 unspecified atom stereocenters. The largest absolute Gasteiger partial charge is 0.384 e. The van der Waals surface area contributed by atoms with Gasteiger partial charge in [0.2, 0.25) is 17.7 Å². The number of rotatable bonds is 4. The molecule has 4 rings (SSSR count). The summed E-state index contributed by atoms with van der Waals surface area (Å²) in [4.78, 5) is 42.1. The van der Waals surface area contributed by atoms with Gasteiger partial charge in [-0.25, -0.2) is 0 Å². The second-order valence-corrected chi connectivity index (χ2v) is 7.95. The number of carbonyl (C=O) groups excluding carboxylic acids is 3. The zero-order valence-electron chi connectivity index (χ0n) is 16.9. The Balaban J connectivity index is 1.72.